The number of aromatic amines is 1. The van der Waals surface area contributed by atoms with Gasteiger partial charge >= 0.3 is 0 Å². The van der Waals surface area contributed by atoms with Crippen LogP contribution in [0.4, 0.5) is 0 Å². The quantitative estimate of drug-likeness (QED) is 0.0771. The number of aromatic nitrogens is 1. The molecule has 1 aliphatic heterocycles. The Balaban J connectivity index is 1.46. The summed E-state index contributed by atoms with van der Waals surface area (Å²) in [5.41, 5.74) is 1.98. The average molecular weight is 646 g/mol. The van der Waals surface area contributed by atoms with E-state index in [1.165, 1.54) is 19.3 Å². The van der Waals surface area contributed by atoms with E-state index in [0.29, 0.717) is 58.5 Å². The topological polar surface area (TPSA) is 104 Å². The highest BCUT2D eigenvalue weighted by atomic mass is 35.5. The Morgan fingerprint density at radius 1 is 1.02 bits per heavy atom. The van der Waals surface area contributed by atoms with E-state index < -0.39 is 17.6 Å². The van der Waals surface area contributed by atoms with Gasteiger partial charge < -0.3 is 20.4 Å². The molecule has 232 valence electrons. The third-order valence-electron chi connectivity index (χ3n) is 8.15. The van der Waals surface area contributed by atoms with Gasteiger partial charge in [-0.05, 0) is 30.7 Å². The van der Waals surface area contributed by atoms with Crippen molar-refractivity contribution in [2.75, 3.05) is 26.7 Å². The van der Waals surface area contributed by atoms with Gasteiger partial charge in [-0.3, -0.25) is 19.3 Å². The average Bonchev–Trinajstić information content (AvgIpc) is 3.48. The van der Waals surface area contributed by atoms with Crippen molar-refractivity contribution in [3.8, 4) is 0 Å². The van der Waals surface area contributed by atoms with Gasteiger partial charge in [0.1, 0.15) is 5.66 Å². The number of hydrogen-bond acceptors (Lipinski definition) is 6. The summed E-state index contributed by atoms with van der Waals surface area (Å²) in [5, 5.41) is 8.19. The first-order valence-electron chi connectivity index (χ1n) is 14.6. The number of piperazine rings is 1. The third-order valence-corrected chi connectivity index (χ3v) is 8.87. The van der Waals surface area contributed by atoms with Gasteiger partial charge in [-0.15, -0.1) is 0 Å². The fourth-order valence-corrected chi connectivity index (χ4v) is 6.11. The Morgan fingerprint density at radius 2 is 1.69 bits per heavy atom. The Labute approximate surface area is 272 Å². The number of ether oxygens (including phenoxy) is 1. The Hall–Kier alpha value is -4.21. The molecule has 0 saturated carbocycles. The van der Waals surface area contributed by atoms with E-state index in [1.54, 1.807) is 48.5 Å². The number of hydrogen-bond donors (Lipinski definition) is 3. The van der Waals surface area contributed by atoms with E-state index in [1.807, 2.05) is 31.2 Å². The molecule has 0 bridgehead atoms. The van der Waals surface area contributed by atoms with Crippen LogP contribution in [0.25, 0.3) is 10.9 Å². The minimum absolute atomic E-state index is 0.0953. The van der Waals surface area contributed by atoms with Crippen LogP contribution in [0.15, 0.2) is 97.3 Å². The van der Waals surface area contributed by atoms with E-state index in [-0.39, 0.29) is 17.3 Å². The van der Waals surface area contributed by atoms with Gasteiger partial charge in [0.2, 0.25) is 0 Å². The van der Waals surface area contributed by atoms with Crippen LogP contribution in [0.1, 0.15) is 45.3 Å². The summed E-state index contributed by atoms with van der Waals surface area (Å²) >= 11 is 12.6. The fourth-order valence-electron chi connectivity index (χ4n) is 5.78. The summed E-state index contributed by atoms with van der Waals surface area (Å²) in [5.74, 6) is -0.567. The molecule has 2 unspecified atom stereocenters. The van der Waals surface area contributed by atoms with Gasteiger partial charge in [-0.25, -0.2) is 0 Å². The molecule has 4 aromatic rings. The van der Waals surface area contributed by atoms with Crippen molar-refractivity contribution < 1.29 is 19.1 Å². The molecule has 1 aromatic heterocycles. The van der Waals surface area contributed by atoms with Gasteiger partial charge in [0.25, 0.3) is 5.91 Å². The zero-order valence-corrected chi connectivity index (χ0v) is 26.5. The normalized spacial score (nSPS) is 17.0. The molecule has 2 atom stereocenters. The molecule has 2 heterocycles. The number of nitrogens with zero attached hydrogens (tertiary/aromatic N) is 1. The standard InChI is InChI=1S/C35H34Cl2N4O4/c1-4-9-30(45-3)34(44)40-35(5-2,31-19-25-18-26(36)27(37)20-28(25)39-31)41-17-16-38-29(21-41)33(43)24-14-12-23(13-15-24)32(42)22-10-7-6-8-11-22/h4,6-15,18-20,29,38-39H,1,5,16-17,21H2,2-3H3,(H,40,44)/b30-9-. The number of methoxy groups -OCH3 is 1. The van der Waals surface area contributed by atoms with Crippen molar-refractivity contribution in [1.82, 2.24) is 20.5 Å². The van der Waals surface area contributed by atoms with Crippen LogP contribution < -0.4 is 10.6 Å². The molecule has 10 heteroatoms. The molecule has 0 spiro atoms. The lowest BCUT2D eigenvalue weighted by molar-refractivity contribution is -0.126. The smallest absolute Gasteiger partial charge is 0.288 e. The molecule has 3 N–H and O–H groups in total. The number of fused-ring (bicyclic) bond motifs is 1. The third kappa shape index (κ3) is 6.60. The highest BCUT2D eigenvalue weighted by Crippen LogP contribution is 2.35. The van der Waals surface area contributed by atoms with Crippen molar-refractivity contribution in [1.29, 1.82) is 0 Å². The second-order valence-corrected chi connectivity index (χ2v) is 11.6. The number of ketones is 2. The SMILES string of the molecule is C=C/C=C(\OC)C(=O)NC(CC)(c1cc2cc(Cl)c(Cl)cc2[nH]1)N1CCNC(C(=O)c2ccc(C(=O)c3ccccc3)cc2)C1. The maximum absolute atomic E-state index is 13.8. The number of Topliss-reactive ketones (excluding diaryl/α,β-unsaturated/α-hetero) is 1. The van der Waals surface area contributed by atoms with Crippen LogP contribution in [-0.4, -0.2) is 60.1 Å². The van der Waals surface area contributed by atoms with E-state index in [4.69, 9.17) is 27.9 Å². The van der Waals surface area contributed by atoms with Crippen molar-refractivity contribution in [3.63, 3.8) is 0 Å². The van der Waals surface area contributed by atoms with Crippen LogP contribution in [0.3, 0.4) is 0 Å². The lowest BCUT2D eigenvalue weighted by atomic mass is 9.94. The summed E-state index contributed by atoms with van der Waals surface area (Å²) in [4.78, 5) is 45.7. The fraction of sp³-hybridized carbons (Fsp3) is 0.229. The van der Waals surface area contributed by atoms with Gasteiger partial charge in [0.05, 0.1) is 28.9 Å². The number of rotatable bonds is 11. The van der Waals surface area contributed by atoms with Crippen molar-refractivity contribution in [3.05, 3.63) is 130 Å². The monoisotopic (exact) mass is 644 g/mol. The summed E-state index contributed by atoms with van der Waals surface area (Å²) < 4.78 is 5.35. The molecule has 1 aliphatic rings. The number of carbonyl (C=O) groups is 3. The molecule has 8 nitrogen and oxygen atoms in total. The second kappa shape index (κ2) is 13.8. The number of nitrogens with one attached hydrogen (secondary N) is 3. The van der Waals surface area contributed by atoms with Crippen LogP contribution in [0.5, 0.6) is 0 Å². The van der Waals surface area contributed by atoms with Gasteiger partial charge in [0.15, 0.2) is 17.3 Å². The molecule has 1 fully saturated rings. The predicted molar refractivity (Wildman–Crippen MR) is 178 cm³/mol. The van der Waals surface area contributed by atoms with Gasteiger partial charge in [0, 0.05) is 47.2 Å². The lowest BCUT2D eigenvalue weighted by Gasteiger charge is -2.47. The molecule has 3 aromatic carbocycles. The number of allylic oxidation sites excluding steroid dienone is 2. The second-order valence-electron chi connectivity index (χ2n) is 10.8. The van der Waals surface area contributed by atoms with E-state index in [0.717, 1.165) is 10.9 Å². The Morgan fingerprint density at radius 3 is 2.36 bits per heavy atom. The van der Waals surface area contributed by atoms with Crippen LogP contribution >= 0.6 is 23.2 Å². The minimum atomic E-state index is -1.06. The first kappa shape index (κ1) is 32.2. The van der Waals surface area contributed by atoms with Gasteiger partial charge in [-0.1, -0.05) is 97.4 Å². The lowest BCUT2D eigenvalue weighted by Crippen LogP contribution is -2.65. The predicted octanol–water partition coefficient (Wildman–Crippen LogP) is 6.26. The summed E-state index contributed by atoms with van der Waals surface area (Å²) in [7, 11) is 1.42. The number of benzene rings is 3. The maximum atomic E-state index is 13.8. The number of amides is 1. The van der Waals surface area contributed by atoms with E-state index >= 15 is 0 Å². The first-order valence-corrected chi connectivity index (χ1v) is 15.4. The highest BCUT2D eigenvalue weighted by molar-refractivity contribution is 6.42. The zero-order valence-electron chi connectivity index (χ0n) is 25.0. The molecular formula is C35H34Cl2N4O4. The summed E-state index contributed by atoms with van der Waals surface area (Å²) in [6, 6.07) is 20.6. The molecule has 1 amide bonds. The molecule has 0 aliphatic carbocycles. The molecule has 0 radical (unpaired) electrons. The van der Waals surface area contributed by atoms with Crippen molar-refractivity contribution in [2.24, 2.45) is 0 Å². The first-order chi connectivity index (χ1) is 21.7. The Bertz CT molecular complexity index is 1730. The minimum Gasteiger partial charge on any atom is -0.491 e. The molecule has 45 heavy (non-hydrogen) atoms. The number of carbonyl (C=O) groups excluding carboxylic acids is 3. The van der Waals surface area contributed by atoms with Crippen LogP contribution in [0.2, 0.25) is 10.0 Å². The Kier molecular flexibility index (Phi) is 9.90. The summed E-state index contributed by atoms with van der Waals surface area (Å²) in [6.45, 7) is 6.98. The van der Waals surface area contributed by atoms with Gasteiger partial charge in [-0.2, -0.15) is 0 Å². The molecule has 1 saturated heterocycles. The van der Waals surface area contributed by atoms with E-state index in [2.05, 4.69) is 27.1 Å². The van der Waals surface area contributed by atoms with Crippen LogP contribution in [-0.2, 0) is 15.2 Å². The summed E-state index contributed by atoms with van der Waals surface area (Å²) in [6.07, 6.45) is 3.43. The number of H-pyrrole nitrogens is 1. The molecule has 5 rings (SSSR count). The van der Waals surface area contributed by atoms with Crippen molar-refractivity contribution in [2.45, 2.75) is 25.0 Å². The van der Waals surface area contributed by atoms with E-state index in [9.17, 15) is 14.4 Å². The maximum Gasteiger partial charge on any atom is 0.288 e. The van der Waals surface area contributed by atoms with Crippen LogP contribution in [0, 0.1) is 0 Å². The van der Waals surface area contributed by atoms with Crippen molar-refractivity contribution >= 4 is 51.6 Å². The molecular weight excluding hydrogens is 611 g/mol. The largest absolute Gasteiger partial charge is 0.491 e. The highest BCUT2D eigenvalue weighted by Gasteiger charge is 2.43. The number of halogens is 2. The zero-order chi connectivity index (χ0) is 32.1.